The van der Waals surface area contributed by atoms with Gasteiger partial charge in [0.1, 0.15) is 6.73 Å². The first-order valence-electron chi connectivity index (χ1n) is 4.48. The van der Waals surface area contributed by atoms with Crippen molar-refractivity contribution in [2.75, 3.05) is 6.61 Å². The molecule has 0 spiro atoms. The Bertz CT molecular complexity index is 672. The highest BCUT2D eigenvalue weighted by Crippen LogP contribution is 2.04. The van der Waals surface area contributed by atoms with E-state index in [2.05, 4.69) is 8.83 Å². The summed E-state index contributed by atoms with van der Waals surface area (Å²) in [5, 5.41) is 0. The maximum absolute atomic E-state index is 11.3. The SMILES string of the molecule is CCOCn1c(=O)oc2c(=O)[nH]c(=O)oc21. The summed E-state index contributed by atoms with van der Waals surface area (Å²) in [5.41, 5.74) is -1.37. The molecule has 0 aliphatic heterocycles. The number of hydrogen-bond acceptors (Lipinski definition) is 6. The van der Waals surface area contributed by atoms with E-state index >= 15 is 0 Å². The number of H-pyrrole nitrogens is 1. The van der Waals surface area contributed by atoms with Crippen LogP contribution in [0.4, 0.5) is 0 Å². The first-order valence-corrected chi connectivity index (χ1v) is 4.48. The lowest BCUT2D eigenvalue weighted by molar-refractivity contribution is 0.0835. The number of rotatable bonds is 3. The minimum atomic E-state index is -0.955. The monoisotopic (exact) mass is 228 g/mol. The van der Waals surface area contributed by atoms with E-state index in [4.69, 9.17) is 4.74 Å². The predicted octanol–water partition coefficient (Wildman–Crippen LogP) is -0.770. The third-order valence-corrected chi connectivity index (χ3v) is 1.88. The van der Waals surface area contributed by atoms with Gasteiger partial charge in [0.15, 0.2) is 0 Å². The second-order valence-corrected chi connectivity index (χ2v) is 2.90. The second-order valence-electron chi connectivity index (χ2n) is 2.90. The van der Waals surface area contributed by atoms with Crippen LogP contribution >= 0.6 is 0 Å². The highest BCUT2D eigenvalue weighted by atomic mass is 16.5. The smallest absolute Gasteiger partial charge is 0.398 e. The van der Waals surface area contributed by atoms with Crippen LogP contribution in [0.3, 0.4) is 0 Å². The Kier molecular flexibility index (Phi) is 2.49. The topological polar surface area (TPSA) is 107 Å². The fraction of sp³-hybridized carbons (Fsp3) is 0.375. The molecule has 0 aromatic carbocycles. The summed E-state index contributed by atoms with van der Waals surface area (Å²) >= 11 is 0. The van der Waals surface area contributed by atoms with Crippen molar-refractivity contribution in [2.45, 2.75) is 13.7 Å². The lowest BCUT2D eigenvalue weighted by Gasteiger charge is -1.99. The van der Waals surface area contributed by atoms with Crippen molar-refractivity contribution in [1.82, 2.24) is 9.55 Å². The molecule has 16 heavy (non-hydrogen) atoms. The largest absolute Gasteiger partial charge is 0.424 e. The van der Waals surface area contributed by atoms with Gasteiger partial charge in [-0.05, 0) is 6.92 Å². The van der Waals surface area contributed by atoms with E-state index in [-0.39, 0.29) is 18.0 Å². The van der Waals surface area contributed by atoms with E-state index in [1.807, 2.05) is 4.98 Å². The normalized spacial score (nSPS) is 11.1. The highest BCUT2D eigenvalue weighted by Gasteiger charge is 2.15. The summed E-state index contributed by atoms with van der Waals surface area (Å²) in [6.07, 6.45) is 0. The van der Waals surface area contributed by atoms with Gasteiger partial charge in [-0.3, -0.25) is 9.78 Å². The molecule has 2 aromatic rings. The molecule has 8 heteroatoms. The lowest BCUT2D eigenvalue weighted by Crippen LogP contribution is -2.19. The van der Waals surface area contributed by atoms with Crippen LogP contribution in [-0.2, 0) is 11.5 Å². The van der Waals surface area contributed by atoms with Gasteiger partial charge >= 0.3 is 17.1 Å². The van der Waals surface area contributed by atoms with E-state index in [0.29, 0.717) is 6.61 Å². The Morgan fingerprint density at radius 3 is 2.75 bits per heavy atom. The molecule has 0 aliphatic carbocycles. The Morgan fingerprint density at radius 2 is 2.06 bits per heavy atom. The summed E-state index contributed by atoms with van der Waals surface area (Å²) < 4.78 is 15.2. The van der Waals surface area contributed by atoms with Crippen LogP contribution in [0.1, 0.15) is 6.92 Å². The number of oxazole rings is 1. The quantitative estimate of drug-likeness (QED) is 0.739. The second kappa shape index (κ2) is 3.81. The average Bonchev–Trinajstić information content (AvgIpc) is 2.53. The first-order chi connectivity index (χ1) is 7.63. The fourth-order valence-electron chi connectivity index (χ4n) is 1.19. The summed E-state index contributed by atoms with van der Waals surface area (Å²) in [7, 11) is 0. The maximum atomic E-state index is 11.3. The maximum Gasteiger partial charge on any atom is 0.424 e. The van der Waals surface area contributed by atoms with Crippen LogP contribution in [0.2, 0.25) is 0 Å². The average molecular weight is 228 g/mol. The van der Waals surface area contributed by atoms with Gasteiger partial charge in [0.05, 0.1) is 0 Å². The molecule has 0 unspecified atom stereocenters. The molecule has 1 N–H and O–H groups in total. The van der Waals surface area contributed by atoms with Crippen LogP contribution in [0.5, 0.6) is 0 Å². The van der Waals surface area contributed by atoms with Gasteiger partial charge in [-0.2, -0.15) is 0 Å². The summed E-state index contributed by atoms with van der Waals surface area (Å²) in [6, 6.07) is 0. The molecule has 0 fully saturated rings. The number of nitrogens with zero attached hydrogens (tertiary/aromatic N) is 1. The van der Waals surface area contributed by atoms with Crippen LogP contribution in [-0.4, -0.2) is 16.2 Å². The Balaban J connectivity index is 2.74. The van der Waals surface area contributed by atoms with Gasteiger partial charge in [-0.1, -0.05) is 0 Å². The number of ether oxygens (including phenoxy) is 1. The van der Waals surface area contributed by atoms with Crippen LogP contribution in [0, 0.1) is 0 Å². The van der Waals surface area contributed by atoms with E-state index in [1.165, 1.54) is 0 Å². The van der Waals surface area contributed by atoms with Crippen molar-refractivity contribution in [1.29, 1.82) is 0 Å². The van der Waals surface area contributed by atoms with Gasteiger partial charge in [0, 0.05) is 6.61 Å². The summed E-state index contributed by atoms with van der Waals surface area (Å²) in [6.45, 7) is 1.96. The summed E-state index contributed by atoms with van der Waals surface area (Å²) in [5.74, 6) is -1.77. The van der Waals surface area contributed by atoms with Crippen molar-refractivity contribution < 1.29 is 13.6 Å². The van der Waals surface area contributed by atoms with E-state index in [9.17, 15) is 14.4 Å². The Labute approximate surface area is 87.1 Å². The number of aromatic amines is 1. The number of nitrogens with one attached hydrogen (secondary N) is 1. The molecule has 0 saturated carbocycles. The molecule has 0 saturated heterocycles. The number of fused-ring (bicyclic) bond motifs is 1. The van der Waals surface area contributed by atoms with E-state index in [0.717, 1.165) is 4.57 Å². The van der Waals surface area contributed by atoms with Crippen molar-refractivity contribution in [3.05, 3.63) is 31.5 Å². The van der Waals surface area contributed by atoms with Gasteiger partial charge in [-0.25, -0.2) is 14.2 Å². The third kappa shape index (κ3) is 1.58. The van der Waals surface area contributed by atoms with Crippen molar-refractivity contribution in [3.63, 3.8) is 0 Å². The fourth-order valence-corrected chi connectivity index (χ4v) is 1.19. The van der Waals surface area contributed by atoms with Crippen molar-refractivity contribution >= 4 is 11.3 Å². The summed E-state index contributed by atoms with van der Waals surface area (Å²) in [4.78, 5) is 35.3. The molecule has 86 valence electrons. The molecule has 2 aromatic heterocycles. The predicted molar refractivity (Wildman–Crippen MR) is 51.3 cm³/mol. The zero-order valence-electron chi connectivity index (χ0n) is 8.31. The Hall–Kier alpha value is -2.09. The molecule has 0 amide bonds. The zero-order valence-corrected chi connectivity index (χ0v) is 8.31. The highest BCUT2D eigenvalue weighted by molar-refractivity contribution is 5.63. The molecule has 0 atom stereocenters. The van der Waals surface area contributed by atoms with Gasteiger partial charge in [-0.15, -0.1) is 0 Å². The molecular weight excluding hydrogens is 220 g/mol. The van der Waals surface area contributed by atoms with E-state index < -0.39 is 17.1 Å². The standard InChI is InChI=1S/C8H8N2O6/c1-2-14-3-10-6-4(15-8(10)13)5(11)9-7(12)16-6/h2-3H2,1H3,(H,9,11,12). The number of hydrogen-bond donors (Lipinski definition) is 1. The first kappa shape index (κ1) is 10.4. The van der Waals surface area contributed by atoms with Crippen LogP contribution in [0.15, 0.2) is 23.2 Å². The minimum Gasteiger partial charge on any atom is -0.398 e. The van der Waals surface area contributed by atoms with Crippen molar-refractivity contribution in [3.8, 4) is 0 Å². The van der Waals surface area contributed by atoms with Gasteiger partial charge in [0.2, 0.25) is 0 Å². The van der Waals surface area contributed by atoms with Gasteiger partial charge in [0.25, 0.3) is 11.3 Å². The molecule has 0 aliphatic rings. The molecule has 8 nitrogen and oxygen atoms in total. The molecule has 2 heterocycles. The van der Waals surface area contributed by atoms with Gasteiger partial charge < -0.3 is 13.6 Å². The zero-order chi connectivity index (χ0) is 11.7. The Morgan fingerprint density at radius 1 is 1.31 bits per heavy atom. The molecule has 0 bridgehead atoms. The third-order valence-electron chi connectivity index (χ3n) is 1.88. The minimum absolute atomic E-state index is 0.144. The molecule has 0 radical (unpaired) electrons. The van der Waals surface area contributed by atoms with E-state index in [1.54, 1.807) is 6.92 Å². The molecule has 2 rings (SSSR count). The van der Waals surface area contributed by atoms with Crippen LogP contribution in [0.25, 0.3) is 11.3 Å². The molecular formula is C8H8N2O6. The number of aromatic nitrogens is 2. The van der Waals surface area contributed by atoms with Crippen molar-refractivity contribution in [2.24, 2.45) is 0 Å². The lowest BCUT2D eigenvalue weighted by atomic mass is 10.6. The van der Waals surface area contributed by atoms with Crippen LogP contribution < -0.4 is 17.1 Å².